The number of hydrogen-bond donors (Lipinski definition) is 1. The van der Waals surface area contributed by atoms with Crippen LogP contribution in [0.2, 0.25) is 5.15 Å². The van der Waals surface area contributed by atoms with Crippen molar-refractivity contribution in [3.05, 3.63) is 16.4 Å². The molecule has 1 heterocycles. The first kappa shape index (κ1) is 13.5. The second-order valence-corrected chi connectivity index (χ2v) is 5.27. The van der Waals surface area contributed by atoms with Gasteiger partial charge in [-0.1, -0.05) is 25.4 Å². The first-order valence-corrected chi connectivity index (χ1v) is 6.23. The van der Waals surface area contributed by atoms with E-state index in [0.717, 1.165) is 35.7 Å². The molecule has 0 fully saturated rings. The molecular weight excluding hydrogens is 222 g/mol. The third-order valence-corrected chi connectivity index (χ3v) is 3.32. The molecular formula is C12H22ClN3. The number of halogens is 1. The fraction of sp³-hybridized carbons (Fsp3) is 0.750. The second-order valence-electron chi connectivity index (χ2n) is 4.91. The second kappa shape index (κ2) is 5.69. The summed E-state index contributed by atoms with van der Waals surface area (Å²) in [5.74, 6) is 0.705. The zero-order chi connectivity index (χ0) is 12.3. The molecule has 0 aliphatic rings. The van der Waals surface area contributed by atoms with Crippen LogP contribution in [-0.2, 0) is 13.5 Å². The molecule has 0 radical (unpaired) electrons. The van der Waals surface area contributed by atoms with Gasteiger partial charge in [0.05, 0.1) is 5.69 Å². The summed E-state index contributed by atoms with van der Waals surface area (Å²) in [4.78, 5) is 0. The Balaban J connectivity index is 2.59. The highest BCUT2D eigenvalue weighted by Gasteiger charge is 2.14. The van der Waals surface area contributed by atoms with Crippen molar-refractivity contribution in [3.63, 3.8) is 0 Å². The predicted octanol–water partition coefficient (Wildman–Crippen LogP) is 2.69. The Labute approximate surface area is 103 Å². The number of rotatable bonds is 5. The molecule has 0 aliphatic carbocycles. The van der Waals surface area contributed by atoms with Gasteiger partial charge in [-0.05, 0) is 32.1 Å². The molecule has 16 heavy (non-hydrogen) atoms. The quantitative estimate of drug-likeness (QED) is 0.864. The van der Waals surface area contributed by atoms with Crippen LogP contribution in [0.25, 0.3) is 0 Å². The summed E-state index contributed by atoms with van der Waals surface area (Å²) in [6.07, 6.45) is 3.03. The molecule has 92 valence electrons. The minimum atomic E-state index is 0.183. The van der Waals surface area contributed by atoms with Crippen molar-refractivity contribution < 1.29 is 0 Å². The third kappa shape index (κ3) is 3.49. The molecule has 1 atom stereocenters. The highest BCUT2D eigenvalue weighted by atomic mass is 35.5. The van der Waals surface area contributed by atoms with E-state index in [1.54, 1.807) is 4.68 Å². The maximum absolute atomic E-state index is 6.17. The van der Waals surface area contributed by atoms with E-state index in [1.807, 2.05) is 14.0 Å². The summed E-state index contributed by atoms with van der Waals surface area (Å²) >= 11 is 6.17. The molecule has 0 amide bonds. The first-order chi connectivity index (χ1) is 7.41. The Morgan fingerprint density at radius 1 is 1.38 bits per heavy atom. The minimum Gasteiger partial charge on any atom is -0.327 e. The zero-order valence-electron chi connectivity index (χ0n) is 10.6. The van der Waals surface area contributed by atoms with Crippen LogP contribution < -0.4 is 5.73 Å². The fourth-order valence-electron chi connectivity index (χ4n) is 1.82. The highest BCUT2D eigenvalue weighted by Crippen LogP contribution is 2.21. The molecule has 4 heteroatoms. The predicted molar refractivity (Wildman–Crippen MR) is 68.7 cm³/mol. The largest absolute Gasteiger partial charge is 0.327 e. The summed E-state index contributed by atoms with van der Waals surface area (Å²) in [6, 6.07) is 0.183. The van der Waals surface area contributed by atoms with Gasteiger partial charge in [-0.2, -0.15) is 5.10 Å². The Morgan fingerprint density at radius 2 is 2.00 bits per heavy atom. The van der Waals surface area contributed by atoms with Crippen molar-refractivity contribution in [2.75, 3.05) is 0 Å². The maximum atomic E-state index is 6.17. The normalized spacial score (nSPS) is 13.4. The third-order valence-electron chi connectivity index (χ3n) is 2.85. The molecule has 2 N–H and O–H groups in total. The Morgan fingerprint density at radius 3 is 2.44 bits per heavy atom. The lowest BCUT2D eigenvalue weighted by atomic mass is 9.99. The van der Waals surface area contributed by atoms with Crippen LogP contribution in [-0.4, -0.2) is 15.8 Å². The van der Waals surface area contributed by atoms with Gasteiger partial charge < -0.3 is 5.73 Å². The number of nitrogens with two attached hydrogens (primary N) is 1. The van der Waals surface area contributed by atoms with Crippen LogP contribution in [0.15, 0.2) is 0 Å². The summed E-state index contributed by atoms with van der Waals surface area (Å²) in [6.45, 7) is 6.42. The molecule has 0 aliphatic heterocycles. The molecule has 0 aromatic carbocycles. The molecule has 0 saturated carbocycles. The van der Waals surface area contributed by atoms with Crippen LogP contribution >= 0.6 is 11.6 Å². The average molecular weight is 244 g/mol. The van der Waals surface area contributed by atoms with Crippen molar-refractivity contribution in [3.8, 4) is 0 Å². The molecule has 1 aromatic rings. The van der Waals surface area contributed by atoms with Gasteiger partial charge in [0, 0.05) is 18.7 Å². The SMILES string of the molecule is Cc1nn(C)c(Cl)c1CC(N)CCC(C)C. The lowest BCUT2D eigenvalue weighted by Gasteiger charge is -2.12. The van der Waals surface area contributed by atoms with E-state index in [2.05, 4.69) is 18.9 Å². The molecule has 1 unspecified atom stereocenters. The highest BCUT2D eigenvalue weighted by molar-refractivity contribution is 6.30. The van der Waals surface area contributed by atoms with Gasteiger partial charge in [-0.3, -0.25) is 4.68 Å². The number of nitrogens with zero attached hydrogens (tertiary/aromatic N) is 2. The van der Waals surface area contributed by atoms with E-state index in [1.165, 1.54) is 0 Å². The van der Waals surface area contributed by atoms with Crippen molar-refractivity contribution in [1.29, 1.82) is 0 Å². The molecule has 3 nitrogen and oxygen atoms in total. The molecule has 1 aromatic heterocycles. The number of aryl methyl sites for hydroxylation is 2. The van der Waals surface area contributed by atoms with Gasteiger partial charge in [-0.15, -0.1) is 0 Å². The van der Waals surface area contributed by atoms with Gasteiger partial charge in [0.25, 0.3) is 0 Å². The van der Waals surface area contributed by atoms with E-state index in [0.29, 0.717) is 5.92 Å². The van der Waals surface area contributed by atoms with Crippen LogP contribution in [0.1, 0.15) is 37.9 Å². The Bertz CT molecular complexity index is 344. The van der Waals surface area contributed by atoms with Crippen molar-refractivity contribution >= 4 is 11.6 Å². The van der Waals surface area contributed by atoms with E-state index in [-0.39, 0.29) is 6.04 Å². The van der Waals surface area contributed by atoms with Crippen molar-refractivity contribution in [2.24, 2.45) is 18.7 Å². The van der Waals surface area contributed by atoms with E-state index >= 15 is 0 Å². The lowest BCUT2D eigenvalue weighted by Crippen LogP contribution is -2.23. The number of aromatic nitrogens is 2. The molecule has 0 spiro atoms. The van der Waals surface area contributed by atoms with E-state index in [9.17, 15) is 0 Å². The molecule has 0 saturated heterocycles. The Kier molecular flexibility index (Phi) is 4.81. The lowest BCUT2D eigenvalue weighted by molar-refractivity contribution is 0.494. The van der Waals surface area contributed by atoms with Crippen LogP contribution in [0.3, 0.4) is 0 Å². The van der Waals surface area contributed by atoms with Gasteiger partial charge in [0.2, 0.25) is 0 Å². The fourth-order valence-corrected chi connectivity index (χ4v) is 2.07. The Hall–Kier alpha value is -0.540. The van der Waals surface area contributed by atoms with Gasteiger partial charge in [0.15, 0.2) is 0 Å². The van der Waals surface area contributed by atoms with E-state index in [4.69, 9.17) is 17.3 Å². The smallest absolute Gasteiger partial charge is 0.130 e. The van der Waals surface area contributed by atoms with Crippen LogP contribution in [0.4, 0.5) is 0 Å². The summed E-state index contributed by atoms with van der Waals surface area (Å²) in [7, 11) is 1.86. The zero-order valence-corrected chi connectivity index (χ0v) is 11.4. The standard InChI is InChI=1S/C12H22ClN3/c1-8(2)5-6-10(14)7-11-9(3)15-16(4)12(11)13/h8,10H,5-7,14H2,1-4H3. The van der Waals surface area contributed by atoms with Crippen LogP contribution in [0.5, 0.6) is 0 Å². The maximum Gasteiger partial charge on any atom is 0.130 e. The summed E-state index contributed by atoms with van der Waals surface area (Å²) in [5, 5.41) is 5.01. The van der Waals surface area contributed by atoms with Gasteiger partial charge >= 0.3 is 0 Å². The molecule has 0 bridgehead atoms. The van der Waals surface area contributed by atoms with Crippen molar-refractivity contribution in [2.45, 2.75) is 46.1 Å². The first-order valence-electron chi connectivity index (χ1n) is 5.85. The monoisotopic (exact) mass is 243 g/mol. The van der Waals surface area contributed by atoms with Crippen molar-refractivity contribution in [1.82, 2.24) is 9.78 Å². The van der Waals surface area contributed by atoms with Crippen LogP contribution in [0, 0.1) is 12.8 Å². The topological polar surface area (TPSA) is 43.8 Å². The summed E-state index contributed by atoms with van der Waals surface area (Å²) < 4.78 is 1.71. The van der Waals surface area contributed by atoms with Gasteiger partial charge in [-0.25, -0.2) is 0 Å². The molecule has 1 rings (SSSR count). The van der Waals surface area contributed by atoms with E-state index < -0.39 is 0 Å². The summed E-state index contributed by atoms with van der Waals surface area (Å²) in [5.41, 5.74) is 8.20. The average Bonchev–Trinajstić information content (AvgIpc) is 2.42. The number of hydrogen-bond acceptors (Lipinski definition) is 2. The minimum absolute atomic E-state index is 0.183. The van der Waals surface area contributed by atoms with Gasteiger partial charge in [0.1, 0.15) is 5.15 Å².